The second-order valence-corrected chi connectivity index (χ2v) is 6.47. The first kappa shape index (κ1) is 14.2. The van der Waals surface area contributed by atoms with E-state index in [1.165, 1.54) is 21.9 Å². The van der Waals surface area contributed by atoms with Crippen LogP contribution in [0, 0.1) is 5.41 Å². The van der Waals surface area contributed by atoms with Gasteiger partial charge in [-0.15, -0.1) is 0 Å². The number of fused-ring (bicyclic) bond motifs is 1. The standard InChI is InChI=1S/C13H16N4O3S/c1-13(11(19)20)2-4-16(5-3-13)7-9-6-10(18)17-12(15-9)21-8-14-17/h6,8H,2-5,7H2,1H3,(H,19,20). The first-order chi connectivity index (χ1) is 9.98. The zero-order chi connectivity index (χ0) is 15.0. The van der Waals surface area contributed by atoms with Crippen molar-refractivity contribution in [3.63, 3.8) is 0 Å². The second kappa shape index (κ2) is 5.19. The van der Waals surface area contributed by atoms with Crippen LogP contribution >= 0.6 is 11.3 Å². The lowest BCUT2D eigenvalue weighted by atomic mass is 9.80. The highest BCUT2D eigenvalue weighted by Crippen LogP contribution is 2.31. The number of hydrogen-bond donors (Lipinski definition) is 1. The smallest absolute Gasteiger partial charge is 0.309 e. The summed E-state index contributed by atoms with van der Waals surface area (Å²) in [5, 5.41) is 13.2. The van der Waals surface area contributed by atoms with Crippen molar-refractivity contribution in [1.29, 1.82) is 0 Å². The number of piperidine rings is 1. The van der Waals surface area contributed by atoms with Crippen molar-refractivity contribution < 1.29 is 9.90 Å². The van der Waals surface area contributed by atoms with Crippen molar-refractivity contribution in [3.8, 4) is 0 Å². The number of rotatable bonds is 3. The molecule has 3 heterocycles. The molecule has 112 valence electrons. The van der Waals surface area contributed by atoms with E-state index in [-0.39, 0.29) is 5.56 Å². The van der Waals surface area contributed by atoms with Gasteiger partial charge >= 0.3 is 5.97 Å². The lowest BCUT2D eigenvalue weighted by molar-refractivity contribution is -0.150. The quantitative estimate of drug-likeness (QED) is 0.904. The molecule has 0 spiro atoms. The van der Waals surface area contributed by atoms with E-state index in [9.17, 15) is 14.7 Å². The van der Waals surface area contributed by atoms with Crippen LogP contribution in [0.4, 0.5) is 0 Å². The van der Waals surface area contributed by atoms with Crippen molar-refractivity contribution >= 4 is 22.3 Å². The minimum atomic E-state index is -0.732. The molecule has 2 aromatic rings. The molecule has 1 saturated heterocycles. The van der Waals surface area contributed by atoms with Crippen LogP contribution in [0.25, 0.3) is 4.96 Å². The second-order valence-electron chi connectivity index (χ2n) is 5.66. The molecule has 7 nitrogen and oxygen atoms in total. The van der Waals surface area contributed by atoms with Crippen LogP contribution in [0.2, 0.25) is 0 Å². The lowest BCUT2D eigenvalue weighted by Crippen LogP contribution is -2.42. The normalized spacial score (nSPS) is 18.9. The molecule has 21 heavy (non-hydrogen) atoms. The van der Waals surface area contributed by atoms with Gasteiger partial charge in [0.2, 0.25) is 4.96 Å². The highest BCUT2D eigenvalue weighted by atomic mass is 32.1. The first-order valence-electron chi connectivity index (χ1n) is 6.76. The molecule has 0 bridgehead atoms. The molecule has 0 saturated carbocycles. The minimum Gasteiger partial charge on any atom is -0.481 e. The van der Waals surface area contributed by atoms with E-state index >= 15 is 0 Å². The van der Waals surface area contributed by atoms with Crippen LogP contribution in [-0.2, 0) is 11.3 Å². The van der Waals surface area contributed by atoms with E-state index in [1.54, 1.807) is 12.4 Å². The highest BCUT2D eigenvalue weighted by molar-refractivity contribution is 7.14. The molecule has 0 unspecified atom stereocenters. The average Bonchev–Trinajstić information content (AvgIpc) is 2.90. The molecule has 0 amide bonds. The average molecular weight is 308 g/mol. The monoisotopic (exact) mass is 308 g/mol. The summed E-state index contributed by atoms with van der Waals surface area (Å²) in [6, 6.07) is 1.50. The van der Waals surface area contributed by atoms with Gasteiger partial charge < -0.3 is 5.11 Å². The Morgan fingerprint density at radius 2 is 2.19 bits per heavy atom. The summed E-state index contributed by atoms with van der Waals surface area (Å²) in [6.07, 6.45) is 1.23. The van der Waals surface area contributed by atoms with Crippen molar-refractivity contribution in [2.75, 3.05) is 13.1 Å². The number of carbonyl (C=O) groups is 1. The van der Waals surface area contributed by atoms with E-state index in [1.807, 2.05) is 0 Å². The van der Waals surface area contributed by atoms with Gasteiger partial charge in [0.1, 0.15) is 5.51 Å². The number of nitrogens with zero attached hydrogens (tertiary/aromatic N) is 4. The van der Waals surface area contributed by atoms with Crippen LogP contribution in [0.15, 0.2) is 16.4 Å². The maximum Gasteiger partial charge on any atom is 0.309 e. The summed E-state index contributed by atoms with van der Waals surface area (Å²) in [7, 11) is 0. The largest absolute Gasteiger partial charge is 0.481 e. The van der Waals surface area contributed by atoms with Gasteiger partial charge in [-0.2, -0.15) is 9.61 Å². The molecule has 8 heteroatoms. The summed E-state index contributed by atoms with van der Waals surface area (Å²) >= 11 is 1.33. The van der Waals surface area contributed by atoms with E-state index < -0.39 is 11.4 Å². The van der Waals surface area contributed by atoms with E-state index in [4.69, 9.17) is 0 Å². The van der Waals surface area contributed by atoms with Gasteiger partial charge in [-0.1, -0.05) is 11.3 Å². The zero-order valence-electron chi connectivity index (χ0n) is 11.7. The van der Waals surface area contributed by atoms with Gasteiger partial charge in [0.25, 0.3) is 5.56 Å². The van der Waals surface area contributed by atoms with Crippen LogP contribution < -0.4 is 5.56 Å². The fourth-order valence-corrected chi connectivity index (χ4v) is 3.17. The Morgan fingerprint density at radius 3 is 2.86 bits per heavy atom. The number of carboxylic acid groups (broad SMARTS) is 1. The van der Waals surface area contributed by atoms with Gasteiger partial charge in [-0.25, -0.2) is 4.98 Å². The Kier molecular flexibility index (Phi) is 3.50. The number of hydrogen-bond acceptors (Lipinski definition) is 6. The third-order valence-electron chi connectivity index (χ3n) is 4.10. The van der Waals surface area contributed by atoms with E-state index in [0.717, 1.165) is 0 Å². The van der Waals surface area contributed by atoms with E-state index in [0.29, 0.717) is 43.1 Å². The third-order valence-corrected chi connectivity index (χ3v) is 4.78. The van der Waals surface area contributed by atoms with Crippen molar-refractivity contribution in [3.05, 3.63) is 27.6 Å². The predicted octanol–water partition coefficient (Wildman–Crippen LogP) is 0.838. The molecular weight excluding hydrogens is 292 g/mol. The molecule has 1 aliphatic heterocycles. The van der Waals surface area contributed by atoms with Gasteiger partial charge in [-0.3, -0.25) is 14.5 Å². The lowest BCUT2D eigenvalue weighted by Gasteiger charge is -2.36. The zero-order valence-corrected chi connectivity index (χ0v) is 12.5. The topological polar surface area (TPSA) is 87.8 Å². The van der Waals surface area contributed by atoms with E-state index in [2.05, 4.69) is 15.0 Å². The molecule has 0 radical (unpaired) electrons. The Morgan fingerprint density at radius 1 is 1.48 bits per heavy atom. The number of carboxylic acids is 1. The Hall–Kier alpha value is -1.80. The first-order valence-corrected chi connectivity index (χ1v) is 7.64. The minimum absolute atomic E-state index is 0.177. The number of aromatic nitrogens is 3. The maximum atomic E-state index is 11.9. The SMILES string of the molecule is CC1(C(=O)O)CCN(Cc2cc(=O)n3ncsc3n2)CC1. The third kappa shape index (κ3) is 2.68. The Labute approximate surface area is 124 Å². The fourth-order valence-electron chi connectivity index (χ4n) is 2.53. The molecular formula is C13H16N4O3S. The summed E-state index contributed by atoms with van der Waals surface area (Å²) < 4.78 is 1.28. The van der Waals surface area contributed by atoms with Gasteiger partial charge in [0.15, 0.2) is 0 Å². The van der Waals surface area contributed by atoms with Crippen LogP contribution in [0.5, 0.6) is 0 Å². The fraction of sp³-hybridized carbons (Fsp3) is 0.538. The van der Waals surface area contributed by atoms with Crippen molar-refractivity contribution in [1.82, 2.24) is 19.5 Å². The van der Waals surface area contributed by atoms with Crippen molar-refractivity contribution in [2.24, 2.45) is 5.41 Å². The molecule has 2 aromatic heterocycles. The number of likely N-dealkylation sites (tertiary alicyclic amines) is 1. The summed E-state index contributed by atoms with van der Waals surface area (Å²) in [6.45, 7) is 3.76. The summed E-state index contributed by atoms with van der Waals surface area (Å²) in [5.41, 5.74) is 1.49. The maximum absolute atomic E-state index is 11.9. The molecule has 1 N–H and O–H groups in total. The Balaban J connectivity index is 1.72. The van der Waals surface area contributed by atoms with Crippen LogP contribution in [-0.4, -0.2) is 43.7 Å². The molecule has 1 fully saturated rings. The van der Waals surface area contributed by atoms with Crippen LogP contribution in [0.3, 0.4) is 0 Å². The van der Waals surface area contributed by atoms with Gasteiger partial charge in [0, 0.05) is 12.6 Å². The summed E-state index contributed by atoms with van der Waals surface area (Å²) in [5.74, 6) is -0.732. The van der Waals surface area contributed by atoms with Crippen LogP contribution in [0.1, 0.15) is 25.5 Å². The number of aliphatic carboxylic acids is 1. The molecule has 1 aliphatic rings. The predicted molar refractivity (Wildman–Crippen MR) is 77.4 cm³/mol. The summed E-state index contributed by atoms with van der Waals surface area (Å²) in [4.78, 5) is 30.2. The molecule has 0 aromatic carbocycles. The molecule has 0 atom stereocenters. The van der Waals surface area contributed by atoms with Gasteiger partial charge in [0.05, 0.1) is 11.1 Å². The molecule has 3 rings (SSSR count). The van der Waals surface area contributed by atoms with Gasteiger partial charge in [-0.05, 0) is 32.9 Å². The highest BCUT2D eigenvalue weighted by Gasteiger charge is 2.36. The Bertz CT molecular complexity index is 730. The molecule has 0 aliphatic carbocycles. The van der Waals surface area contributed by atoms with Crippen molar-refractivity contribution in [2.45, 2.75) is 26.3 Å².